The lowest BCUT2D eigenvalue weighted by atomic mass is 10.1. The number of carbonyl (C=O) groups excluding carboxylic acids is 1. The Balaban J connectivity index is 1.91. The van der Waals surface area contributed by atoms with Crippen molar-refractivity contribution in [2.24, 2.45) is 5.92 Å². The van der Waals surface area contributed by atoms with Crippen molar-refractivity contribution >= 4 is 16.8 Å². The van der Waals surface area contributed by atoms with Gasteiger partial charge in [0.2, 0.25) is 0 Å². The highest BCUT2D eigenvalue weighted by Crippen LogP contribution is 2.30. The Labute approximate surface area is 100 Å². The van der Waals surface area contributed by atoms with Gasteiger partial charge in [0.05, 0.1) is 0 Å². The summed E-state index contributed by atoms with van der Waals surface area (Å²) in [7, 11) is 1.89. The molecule has 1 aliphatic rings. The molecule has 3 nitrogen and oxygen atoms in total. The van der Waals surface area contributed by atoms with E-state index in [1.54, 1.807) is 0 Å². The fraction of sp³-hybridized carbons (Fsp3) is 0.357. The molecule has 1 aromatic carbocycles. The number of hydrogen-bond acceptors (Lipinski definition) is 1. The van der Waals surface area contributed by atoms with Gasteiger partial charge < -0.3 is 9.88 Å². The first-order chi connectivity index (χ1) is 8.25. The molecule has 17 heavy (non-hydrogen) atoms. The summed E-state index contributed by atoms with van der Waals surface area (Å²) >= 11 is 0. The van der Waals surface area contributed by atoms with E-state index in [9.17, 15) is 4.79 Å². The molecule has 1 heterocycles. The maximum atomic E-state index is 12.3. The van der Waals surface area contributed by atoms with E-state index in [0.29, 0.717) is 0 Å². The van der Waals surface area contributed by atoms with Crippen molar-refractivity contribution in [3.63, 3.8) is 0 Å². The van der Waals surface area contributed by atoms with Crippen LogP contribution in [0.2, 0.25) is 0 Å². The lowest BCUT2D eigenvalue weighted by Gasteiger charge is -2.17. The Morgan fingerprint density at radius 1 is 1.41 bits per heavy atom. The third-order valence-electron chi connectivity index (χ3n) is 3.40. The van der Waals surface area contributed by atoms with Gasteiger partial charge >= 0.3 is 0 Å². The molecule has 1 N–H and O–H groups in total. The molecule has 0 unspecified atom stereocenters. The van der Waals surface area contributed by atoms with Gasteiger partial charge in [-0.2, -0.15) is 0 Å². The third kappa shape index (κ3) is 1.93. The highest BCUT2D eigenvalue weighted by molar-refractivity contribution is 6.06. The van der Waals surface area contributed by atoms with Gasteiger partial charge in [-0.05, 0) is 37.0 Å². The van der Waals surface area contributed by atoms with E-state index in [2.05, 4.69) is 4.98 Å². The van der Waals surface area contributed by atoms with Crippen LogP contribution in [0.5, 0.6) is 0 Å². The first kappa shape index (κ1) is 10.4. The molecule has 1 amide bonds. The number of amides is 1. The molecular formula is C14H16N2O. The van der Waals surface area contributed by atoms with E-state index in [0.717, 1.165) is 28.9 Å². The molecule has 88 valence electrons. The minimum atomic E-state index is 0.127. The molecule has 0 aliphatic heterocycles. The van der Waals surface area contributed by atoms with Crippen LogP contribution in [-0.2, 0) is 0 Å². The Hall–Kier alpha value is -1.77. The van der Waals surface area contributed by atoms with Crippen LogP contribution in [0.1, 0.15) is 23.2 Å². The number of aromatic amines is 1. The van der Waals surface area contributed by atoms with Crippen LogP contribution in [0.15, 0.2) is 30.5 Å². The van der Waals surface area contributed by atoms with Crippen molar-refractivity contribution in [2.45, 2.75) is 12.8 Å². The van der Waals surface area contributed by atoms with E-state index in [-0.39, 0.29) is 5.91 Å². The van der Waals surface area contributed by atoms with Gasteiger partial charge in [0.1, 0.15) is 0 Å². The van der Waals surface area contributed by atoms with Crippen molar-refractivity contribution in [1.29, 1.82) is 0 Å². The standard InChI is InChI=1S/C14H16N2O/c1-16(9-10-5-6-10)14(17)12-3-2-4-13-11(12)7-8-15-13/h2-4,7-8,10,15H,5-6,9H2,1H3. The predicted octanol–water partition coefficient (Wildman–Crippen LogP) is 2.65. The van der Waals surface area contributed by atoms with Gasteiger partial charge in [-0.3, -0.25) is 4.79 Å². The molecule has 0 atom stereocenters. The quantitative estimate of drug-likeness (QED) is 0.861. The van der Waals surface area contributed by atoms with Crippen LogP contribution >= 0.6 is 0 Å². The zero-order chi connectivity index (χ0) is 11.8. The molecule has 2 aromatic rings. The molecule has 1 fully saturated rings. The molecule has 1 aliphatic carbocycles. The Morgan fingerprint density at radius 2 is 2.24 bits per heavy atom. The van der Waals surface area contributed by atoms with Crippen LogP contribution < -0.4 is 0 Å². The normalized spacial score (nSPS) is 15.1. The molecule has 3 heteroatoms. The third-order valence-corrected chi connectivity index (χ3v) is 3.40. The maximum Gasteiger partial charge on any atom is 0.254 e. The largest absolute Gasteiger partial charge is 0.361 e. The molecule has 3 rings (SSSR count). The van der Waals surface area contributed by atoms with Crippen LogP contribution in [0.25, 0.3) is 10.9 Å². The number of nitrogens with one attached hydrogen (secondary N) is 1. The van der Waals surface area contributed by atoms with E-state index in [1.807, 2.05) is 42.4 Å². The van der Waals surface area contributed by atoms with Gasteiger partial charge in [-0.1, -0.05) is 6.07 Å². The highest BCUT2D eigenvalue weighted by Gasteiger charge is 2.25. The molecule has 0 radical (unpaired) electrons. The Bertz CT molecular complexity index is 554. The zero-order valence-electron chi connectivity index (χ0n) is 9.94. The van der Waals surface area contributed by atoms with Gasteiger partial charge in [-0.15, -0.1) is 0 Å². The molecule has 0 saturated heterocycles. The van der Waals surface area contributed by atoms with Gasteiger partial charge in [-0.25, -0.2) is 0 Å². The summed E-state index contributed by atoms with van der Waals surface area (Å²) in [5.41, 5.74) is 1.82. The molecule has 0 bridgehead atoms. The molecular weight excluding hydrogens is 212 g/mol. The number of aromatic nitrogens is 1. The number of rotatable bonds is 3. The summed E-state index contributed by atoms with van der Waals surface area (Å²) in [4.78, 5) is 17.3. The number of nitrogens with zero attached hydrogens (tertiary/aromatic N) is 1. The fourth-order valence-electron chi connectivity index (χ4n) is 2.25. The smallest absolute Gasteiger partial charge is 0.254 e. The van der Waals surface area contributed by atoms with E-state index in [1.165, 1.54) is 12.8 Å². The van der Waals surface area contributed by atoms with Crippen LogP contribution in [0, 0.1) is 5.92 Å². The van der Waals surface area contributed by atoms with Crippen molar-refractivity contribution in [1.82, 2.24) is 9.88 Å². The Morgan fingerprint density at radius 3 is 3.00 bits per heavy atom. The topological polar surface area (TPSA) is 36.1 Å². The fourth-order valence-corrected chi connectivity index (χ4v) is 2.25. The van der Waals surface area contributed by atoms with Crippen molar-refractivity contribution in [3.05, 3.63) is 36.0 Å². The Kier molecular flexibility index (Phi) is 2.39. The highest BCUT2D eigenvalue weighted by atomic mass is 16.2. The number of hydrogen-bond donors (Lipinski definition) is 1. The lowest BCUT2D eigenvalue weighted by Crippen LogP contribution is -2.28. The van der Waals surface area contributed by atoms with Gasteiger partial charge in [0.15, 0.2) is 0 Å². The first-order valence-corrected chi connectivity index (χ1v) is 6.07. The first-order valence-electron chi connectivity index (χ1n) is 6.07. The van der Waals surface area contributed by atoms with Crippen molar-refractivity contribution < 1.29 is 4.79 Å². The zero-order valence-corrected chi connectivity index (χ0v) is 9.94. The molecule has 1 aromatic heterocycles. The number of H-pyrrole nitrogens is 1. The lowest BCUT2D eigenvalue weighted by molar-refractivity contribution is 0.0790. The summed E-state index contributed by atoms with van der Waals surface area (Å²) < 4.78 is 0. The van der Waals surface area contributed by atoms with Gasteiger partial charge in [0, 0.05) is 36.3 Å². The molecule has 1 saturated carbocycles. The summed E-state index contributed by atoms with van der Waals surface area (Å²) in [6, 6.07) is 7.79. The predicted molar refractivity (Wildman–Crippen MR) is 68.0 cm³/mol. The second-order valence-electron chi connectivity index (χ2n) is 4.87. The summed E-state index contributed by atoms with van der Waals surface area (Å²) in [5, 5.41) is 1.01. The summed E-state index contributed by atoms with van der Waals surface area (Å²) in [5.74, 6) is 0.858. The van der Waals surface area contributed by atoms with Crippen molar-refractivity contribution in [3.8, 4) is 0 Å². The summed E-state index contributed by atoms with van der Waals surface area (Å²) in [6.07, 6.45) is 4.42. The maximum absolute atomic E-state index is 12.3. The van der Waals surface area contributed by atoms with E-state index in [4.69, 9.17) is 0 Å². The van der Waals surface area contributed by atoms with Crippen LogP contribution in [-0.4, -0.2) is 29.4 Å². The summed E-state index contributed by atoms with van der Waals surface area (Å²) in [6.45, 7) is 0.889. The number of carbonyl (C=O) groups is 1. The average Bonchev–Trinajstić information content (AvgIpc) is 3.01. The van der Waals surface area contributed by atoms with E-state index >= 15 is 0 Å². The van der Waals surface area contributed by atoms with Crippen molar-refractivity contribution in [2.75, 3.05) is 13.6 Å². The minimum absolute atomic E-state index is 0.127. The monoisotopic (exact) mass is 228 g/mol. The van der Waals surface area contributed by atoms with Gasteiger partial charge in [0.25, 0.3) is 5.91 Å². The second-order valence-corrected chi connectivity index (χ2v) is 4.87. The molecule has 0 spiro atoms. The average molecular weight is 228 g/mol. The van der Waals surface area contributed by atoms with Crippen LogP contribution in [0.3, 0.4) is 0 Å². The minimum Gasteiger partial charge on any atom is -0.361 e. The second kappa shape index (κ2) is 3.91. The van der Waals surface area contributed by atoms with Crippen LogP contribution in [0.4, 0.5) is 0 Å². The number of benzene rings is 1. The van der Waals surface area contributed by atoms with E-state index < -0.39 is 0 Å². The SMILES string of the molecule is CN(CC1CC1)C(=O)c1cccc2[nH]ccc12. The number of fused-ring (bicyclic) bond motifs is 1.